The van der Waals surface area contributed by atoms with Gasteiger partial charge >= 0.3 is 0 Å². The van der Waals surface area contributed by atoms with Crippen molar-refractivity contribution >= 4 is 137 Å². The Hall–Kier alpha value is -3.05. The molecule has 46 heavy (non-hydrogen) atoms. The minimum absolute atomic E-state index is 0. The Morgan fingerprint density at radius 1 is 0.522 bits per heavy atom. The van der Waals surface area contributed by atoms with Gasteiger partial charge in [0.05, 0.1) is 0 Å². The van der Waals surface area contributed by atoms with E-state index in [2.05, 4.69) is 116 Å². The molecule has 0 nitrogen and oxygen atoms in total. The van der Waals surface area contributed by atoms with Gasteiger partial charge in [-0.15, -0.1) is 45.3 Å². The second kappa shape index (κ2) is 12.2. The molecule has 4 aromatic heterocycles. The fourth-order valence-corrected chi connectivity index (χ4v) is 14.8. The third-order valence-corrected chi connectivity index (χ3v) is 16.3. The Balaban J connectivity index is 0.00000312. The van der Waals surface area contributed by atoms with Crippen molar-refractivity contribution in [3.63, 3.8) is 0 Å². The lowest BCUT2D eigenvalue weighted by Crippen LogP contribution is -2.18. The maximum atomic E-state index is 2.57. The minimum Gasteiger partial charge on any atom is -0.144 e. The molecule has 4 heterocycles. The van der Waals surface area contributed by atoms with E-state index < -0.39 is 7.92 Å². The smallest absolute Gasteiger partial charge is 0.0397 e. The monoisotopic (exact) mass is 681 g/mol. The van der Waals surface area contributed by atoms with Gasteiger partial charge in [-0.2, -0.15) is 0 Å². The van der Waals surface area contributed by atoms with Crippen molar-refractivity contribution in [1.29, 1.82) is 0 Å². The molecule has 0 unspecified atom stereocenters. The molecule has 0 fully saturated rings. The Morgan fingerprint density at radius 3 is 1.61 bits per heavy atom. The van der Waals surface area contributed by atoms with E-state index in [0.717, 1.165) is 12.8 Å². The average Bonchev–Trinajstić information content (AvgIpc) is 3.86. The van der Waals surface area contributed by atoms with E-state index in [9.17, 15) is 0 Å². The number of rotatable bonds is 7. The number of aryl methyl sites for hydroxylation is 2. The molecule has 0 atom stereocenters. The van der Waals surface area contributed by atoms with Crippen LogP contribution in [0.4, 0.5) is 0 Å². The molecular formula is C40H31BPS4. The first-order valence-electron chi connectivity index (χ1n) is 15.8. The molecule has 3 radical (unpaired) electrons. The van der Waals surface area contributed by atoms with Crippen LogP contribution in [0.2, 0.25) is 0 Å². The fourth-order valence-electron chi connectivity index (χ4n) is 7.21. The summed E-state index contributed by atoms with van der Waals surface area (Å²) in [5.41, 5.74) is 3.22. The van der Waals surface area contributed by atoms with Gasteiger partial charge in [-0.25, -0.2) is 0 Å². The van der Waals surface area contributed by atoms with Gasteiger partial charge in [0.1, 0.15) is 0 Å². The Labute approximate surface area is 288 Å². The first-order chi connectivity index (χ1) is 22.2. The summed E-state index contributed by atoms with van der Waals surface area (Å²) >= 11 is 7.95. The standard InChI is InChI=1S/C40H31PS4.B/c1-3-11-26-27(12-4-2)40-38(37-35-28-21-22-42-30(28)17-19-32(35)44-39(26)37)36-29-23-34(43-31(29)18-20-33(36)45-40)41(24-13-7-5-8-14-24)25-15-9-6-10-16-25;/h5-10,13-23H,3-4,11-12H2,1-2H3;. The summed E-state index contributed by atoms with van der Waals surface area (Å²) in [6.07, 6.45) is 4.63. The first-order valence-corrected chi connectivity index (χ1v) is 20.5. The third-order valence-electron chi connectivity index (χ3n) is 9.04. The summed E-state index contributed by atoms with van der Waals surface area (Å²) in [5, 5.41) is 13.9. The highest BCUT2D eigenvalue weighted by Crippen LogP contribution is 2.52. The summed E-state index contributed by atoms with van der Waals surface area (Å²) in [7, 11) is -0.644. The second-order valence-electron chi connectivity index (χ2n) is 11.8. The van der Waals surface area contributed by atoms with Crippen molar-refractivity contribution in [1.82, 2.24) is 0 Å². The molecule has 0 N–H and O–H groups in total. The molecule has 0 aliphatic carbocycles. The van der Waals surface area contributed by atoms with Crippen LogP contribution < -0.4 is 15.2 Å². The molecule has 9 aromatic rings. The van der Waals surface area contributed by atoms with Gasteiger partial charge in [-0.05, 0) is 84.3 Å². The lowest BCUT2D eigenvalue weighted by molar-refractivity contribution is 0.877. The van der Waals surface area contributed by atoms with Gasteiger partial charge in [-0.1, -0.05) is 87.4 Å². The van der Waals surface area contributed by atoms with Crippen molar-refractivity contribution in [2.75, 3.05) is 0 Å². The van der Waals surface area contributed by atoms with Gasteiger partial charge in [0.2, 0.25) is 0 Å². The van der Waals surface area contributed by atoms with E-state index in [1.807, 2.05) is 45.3 Å². The van der Waals surface area contributed by atoms with Crippen LogP contribution >= 0.6 is 53.3 Å². The van der Waals surface area contributed by atoms with Gasteiger partial charge in [-0.3, -0.25) is 0 Å². The molecule has 0 spiro atoms. The van der Waals surface area contributed by atoms with E-state index in [0.29, 0.717) is 0 Å². The summed E-state index contributed by atoms with van der Waals surface area (Å²) in [5.74, 6) is 0. The van der Waals surface area contributed by atoms with Gasteiger partial charge in [0.15, 0.2) is 0 Å². The largest absolute Gasteiger partial charge is 0.144 e. The number of fused-ring (bicyclic) bond motifs is 11. The lowest BCUT2D eigenvalue weighted by Gasteiger charge is -2.16. The summed E-state index contributed by atoms with van der Waals surface area (Å²) in [6, 6.07) is 36.8. The molecule has 6 heteroatoms. The molecule has 0 amide bonds. The zero-order valence-electron chi connectivity index (χ0n) is 25.8. The van der Waals surface area contributed by atoms with Crippen molar-refractivity contribution in [3.05, 3.63) is 114 Å². The minimum atomic E-state index is -0.644. The lowest BCUT2D eigenvalue weighted by atomic mass is 9.92. The van der Waals surface area contributed by atoms with Crippen molar-refractivity contribution in [2.24, 2.45) is 0 Å². The van der Waals surface area contributed by atoms with Crippen molar-refractivity contribution in [3.8, 4) is 0 Å². The van der Waals surface area contributed by atoms with E-state index >= 15 is 0 Å². The van der Waals surface area contributed by atoms with Gasteiger partial charge in [0, 0.05) is 73.5 Å². The highest BCUT2D eigenvalue weighted by atomic mass is 32.1. The number of benzene rings is 5. The zero-order valence-corrected chi connectivity index (χ0v) is 30.0. The average molecular weight is 682 g/mol. The summed E-state index contributed by atoms with van der Waals surface area (Å²) in [4.78, 5) is 0. The van der Waals surface area contributed by atoms with Crippen LogP contribution in [-0.2, 0) is 12.8 Å². The molecule has 0 bridgehead atoms. The van der Waals surface area contributed by atoms with E-state index in [1.54, 1.807) is 11.1 Å². The maximum absolute atomic E-state index is 2.57. The van der Waals surface area contributed by atoms with Crippen LogP contribution in [0.3, 0.4) is 0 Å². The summed E-state index contributed by atoms with van der Waals surface area (Å²) in [6.45, 7) is 4.69. The van der Waals surface area contributed by atoms with Crippen molar-refractivity contribution < 1.29 is 0 Å². The van der Waals surface area contributed by atoms with E-state index in [-0.39, 0.29) is 8.41 Å². The fraction of sp³-hybridized carbons (Fsp3) is 0.150. The molecule has 5 aromatic carbocycles. The van der Waals surface area contributed by atoms with Crippen LogP contribution in [0, 0.1) is 0 Å². The van der Waals surface area contributed by atoms with Crippen LogP contribution in [0.5, 0.6) is 0 Å². The van der Waals surface area contributed by atoms with Crippen LogP contribution in [0.25, 0.3) is 60.5 Å². The summed E-state index contributed by atoms with van der Waals surface area (Å²) < 4.78 is 10.2. The van der Waals surface area contributed by atoms with Crippen LogP contribution in [-0.4, -0.2) is 8.41 Å². The van der Waals surface area contributed by atoms with Crippen LogP contribution in [0.1, 0.15) is 37.8 Å². The zero-order chi connectivity index (χ0) is 30.1. The second-order valence-corrected chi connectivity index (χ2v) is 18.4. The predicted octanol–water partition coefficient (Wildman–Crippen LogP) is 12.1. The Morgan fingerprint density at radius 2 is 1.04 bits per heavy atom. The maximum Gasteiger partial charge on any atom is 0.0397 e. The normalized spacial score (nSPS) is 12.1. The molecule has 0 saturated heterocycles. The number of hydrogen-bond donors (Lipinski definition) is 0. The van der Waals surface area contributed by atoms with Gasteiger partial charge in [0.25, 0.3) is 0 Å². The molecular weight excluding hydrogens is 650 g/mol. The Bertz CT molecular complexity index is 2480. The molecule has 0 aliphatic heterocycles. The number of hydrogen-bond acceptors (Lipinski definition) is 4. The highest BCUT2D eigenvalue weighted by molar-refractivity contribution is 7.84. The van der Waals surface area contributed by atoms with E-state index in [4.69, 9.17) is 0 Å². The number of thiophene rings is 4. The molecule has 223 valence electrons. The highest BCUT2D eigenvalue weighted by Gasteiger charge is 2.25. The SMILES string of the molecule is CCCc1c(CCC)c2sc3ccc4sc(P(c5ccccc5)c5ccccc5)cc4c3c2c2c1sc1ccc3sccc3c12.[B]. The predicted molar refractivity (Wildman–Crippen MR) is 215 cm³/mol. The first kappa shape index (κ1) is 30.3. The van der Waals surface area contributed by atoms with Gasteiger partial charge < -0.3 is 0 Å². The molecule has 0 saturated carbocycles. The quantitative estimate of drug-likeness (QED) is 0.116. The molecule has 9 rings (SSSR count). The topological polar surface area (TPSA) is 0 Å². The van der Waals surface area contributed by atoms with Crippen molar-refractivity contribution in [2.45, 2.75) is 39.5 Å². The van der Waals surface area contributed by atoms with E-state index in [1.165, 1.54) is 88.6 Å². The van der Waals surface area contributed by atoms with Crippen LogP contribution in [0.15, 0.2) is 102 Å². The third kappa shape index (κ3) is 4.62. The Kier molecular flexibility index (Phi) is 8.03. The molecule has 0 aliphatic rings.